The van der Waals surface area contributed by atoms with Crippen molar-refractivity contribution in [3.05, 3.63) is 104 Å². The maximum Gasteiger partial charge on any atom is 0.335 e. The quantitative estimate of drug-likeness (QED) is 0.324. The van der Waals surface area contributed by atoms with Crippen molar-refractivity contribution in [3.63, 3.8) is 0 Å². The van der Waals surface area contributed by atoms with Gasteiger partial charge in [-0.1, -0.05) is 65.2 Å². The number of aromatic carboxylic acids is 1. The summed E-state index contributed by atoms with van der Waals surface area (Å²) in [6.07, 6.45) is 4.38. The van der Waals surface area contributed by atoms with Gasteiger partial charge in [-0.05, 0) is 71.0 Å². The van der Waals surface area contributed by atoms with Gasteiger partial charge in [0, 0.05) is 41.7 Å². The molecule has 3 aromatic carbocycles. The van der Waals surface area contributed by atoms with E-state index >= 15 is 0 Å². The summed E-state index contributed by atoms with van der Waals surface area (Å²) in [6, 6.07) is 18.8. The van der Waals surface area contributed by atoms with Gasteiger partial charge in [-0.15, -0.1) is 0 Å². The highest BCUT2D eigenvalue weighted by molar-refractivity contribution is 6.36. The van der Waals surface area contributed by atoms with Crippen molar-refractivity contribution in [1.82, 2.24) is 4.90 Å². The van der Waals surface area contributed by atoms with Crippen LogP contribution in [0.5, 0.6) is 5.75 Å². The second kappa shape index (κ2) is 11.7. The lowest BCUT2D eigenvalue weighted by Gasteiger charge is -2.17. The molecule has 4 nitrogen and oxygen atoms in total. The van der Waals surface area contributed by atoms with Gasteiger partial charge in [0.05, 0.1) is 18.8 Å². The molecular weight excluding hydrogens is 524 g/mol. The number of alkyl halides is 1. The van der Waals surface area contributed by atoms with E-state index in [1.54, 1.807) is 18.2 Å². The van der Waals surface area contributed by atoms with Crippen LogP contribution in [0.1, 0.15) is 51.9 Å². The van der Waals surface area contributed by atoms with Crippen molar-refractivity contribution in [2.45, 2.75) is 19.3 Å². The number of halogens is 3. The van der Waals surface area contributed by atoms with Gasteiger partial charge in [-0.25, -0.2) is 4.79 Å². The normalized spacial score (nSPS) is 16.9. The van der Waals surface area contributed by atoms with E-state index in [4.69, 9.17) is 27.9 Å². The van der Waals surface area contributed by atoms with Gasteiger partial charge in [0.2, 0.25) is 0 Å². The highest BCUT2D eigenvalue weighted by Crippen LogP contribution is 2.43. The zero-order valence-electron chi connectivity index (χ0n) is 20.9. The monoisotopic (exact) mass is 551 g/mol. The van der Waals surface area contributed by atoms with Crippen molar-refractivity contribution in [2.75, 3.05) is 32.9 Å². The van der Waals surface area contributed by atoms with E-state index < -0.39 is 5.97 Å². The Bertz CT molecular complexity index is 1420. The fourth-order valence-corrected chi connectivity index (χ4v) is 5.71. The molecule has 0 atom stereocenters. The summed E-state index contributed by atoms with van der Waals surface area (Å²) in [7, 11) is 0. The van der Waals surface area contributed by atoms with Gasteiger partial charge in [0.25, 0.3) is 0 Å². The number of ether oxygens (including phenoxy) is 1. The highest BCUT2D eigenvalue weighted by Gasteiger charge is 2.24. The van der Waals surface area contributed by atoms with Crippen LogP contribution in [0.4, 0.5) is 4.39 Å². The third-order valence-corrected chi connectivity index (χ3v) is 7.57. The molecule has 38 heavy (non-hydrogen) atoms. The second-order valence-corrected chi connectivity index (χ2v) is 10.4. The minimum Gasteiger partial charge on any atom is -0.493 e. The van der Waals surface area contributed by atoms with Crippen LogP contribution in [0, 0.1) is 0 Å². The van der Waals surface area contributed by atoms with Crippen molar-refractivity contribution in [3.8, 4) is 5.75 Å². The van der Waals surface area contributed by atoms with E-state index in [1.807, 2.05) is 18.2 Å². The van der Waals surface area contributed by atoms with Crippen molar-refractivity contribution >= 4 is 46.4 Å². The third kappa shape index (κ3) is 5.80. The predicted molar refractivity (Wildman–Crippen MR) is 152 cm³/mol. The fraction of sp³-hybridized carbons (Fsp3) is 0.258. The van der Waals surface area contributed by atoms with E-state index in [9.17, 15) is 14.3 Å². The fourth-order valence-electron chi connectivity index (χ4n) is 5.19. The first kappa shape index (κ1) is 26.5. The van der Waals surface area contributed by atoms with E-state index in [1.165, 1.54) is 5.57 Å². The Kier molecular flexibility index (Phi) is 8.18. The molecule has 0 unspecified atom stereocenters. The summed E-state index contributed by atoms with van der Waals surface area (Å²) in [4.78, 5) is 13.9. The van der Waals surface area contributed by atoms with Crippen LogP contribution in [-0.2, 0) is 0 Å². The van der Waals surface area contributed by atoms with Crippen LogP contribution in [0.3, 0.4) is 0 Å². The molecule has 196 valence electrons. The first-order valence-electron chi connectivity index (χ1n) is 12.7. The zero-order chi connectivity index (χ0) is 26.6. The number of carboxylic acids is 1. The van der Waals surface area contributed by atoms with E-state index in [0.717, 1.165) is 59.5 Å². The van der Waals surface area contributed by atoms with E-state index in [2.05, 4.69) is 35.2 Å². The minimum absolute atomic E-state index is 0.176. The molecule has 5 rings (SSSR count). The van der Waals surface area contributed by atoms with Gasteiger partial charge in [0.1, 0.15) is 5.75 Å². The zero-order valence-corrected chi connectivity index (χ0v) is 22.4. The predicted octanol–water partition coefficient (Wildman–Crippen LogP) is 7.88. The maximum atomic E-state index is 12.5. The topological polar surface area (TPSA) is 49.8 Å². The molecule has 2 heterocycles. The van der Waals surface area contributed by atoms with Gasteiger partial charge < -0.3 is 9.84 Å². The van der Waals surface area contributed by atoms with Crippen molar-refractivity contribution < 1.29 is 19.0 Å². The average molecular weight is 552 g/mol. The third-order valence-electron chi connectivity index (χ3n) is 7.02. The Balaban J connectivity index is 1.56. The first-order chi connectivity index (χ1) is 18.4. The molecule has 1 N–H and O–H groups in total. The number of nitrogens with zero attached hydrogens (tertiary/aromatic N) is 1. The number of rotatable bonds is 7. The molecule has 1 fully saturated rings. The Labute approximate surface area is 232 Å². The molecule has 0 saturated carbocycles. The summed E-state index contributed by atoms with van der Waals surface area (Å²) in [5.74, 6) is -0.467. The van der Waals surface area contributed by atoms with Gasteiger partial charge in [-0.2, -0.15) is 0 Å². The molecule has 1 saturated heterocycles. The van der Waals surface area contributed by atoms with Crippen LogP contribution in [0.15, 0.2) is 66.2 Å². The first-order valence-corrected chi connectivity index (χ1v) is 13.5. The van der Waals surface area contributed by atoms with Crippen LogP contribution in [-0.4, -0.2) is 48.9 Å². The molecule has 0 spiro atoms. The average Bonchev–Trinajstić information content (AvgIpc) is 3.26. The summed E-state index contributed by atoms with van der Waals surface area (Å²) < 4.78 is 18.6. The second-order valence-electron chi connectivity index (χ2n) is 9.59. The summed E-state index contributed by atoms with van der Waals surface area (Å²) in [5, 5.41) is 10.6. The van der Waals surface area contributed by atoms with E-state index in [-0.39, 0.29) is 12.2 Å². The molecule has 0 bridgehead atoms. The smallest absolute Gasteiger partial charge is 0.335 e. The van der Waals surface area contributed by atoms with Crippen LogP contribution in [0.2, 0.25) is 10.0 Å². The maximum absolute atomic E-state index is 12.5. The van der Waals surface area contributed by atoms with Crippen LogP contribution >= 0.6 is 23.2 Å². The molecule has 0 radical (unpaired) electrons. The molecule has 0 amide bonds. The number of likely N-dealkylation sites (tertiary alicyclic amines) is 1. The Morgan fingerprint density at radius 1 is 1.03 bits per heavy atom. The number of benzene rings is 3. The Morgan fingerprint density at radius 2 is 1.82 bits per heavy atom. The molecule has 7 heteroatoms. The van der Waals surface area contributed by atoms with Crippen LogP contribution in [0.25, 0.3) is 17.2 Å². The summed E-state index contributed by atoms with van der Waals surface area (Å²) in [6.45, 7) is 2.75. The standard InChI is InChI=1S/C31H28Cl2FNO3/c32-24-7-9-25(28(33)18-24)26-11-15-38-29-17-23(31(36)37)6-8-27(29)30(26)22-4-2-20(3-5-22)16-21-10-14-35(19-21)13-1-12-34/h2-9,16-18H,1,10-15,19H2,(H,36,37)/b21-16-. The van der Waals surface area contributed by atoms with Gasteiger partial charge in [0.15, 0.2) is 0 Å². The van der Waals surface area contributed by atoms with Gasteiger partial charge >= 0.3 is 5.97 Å². The Hall–Kier alpha value is -3.12. The number of carbonyl (C=O) groups is 1. The lowest BCUT2D eigenvalue weighted by atomic mass is 9.87. The summed E-state index contributed by atoms with van der Waals surface area (Å²) >= 11 is 12.8. The van der Waals surface area contributed by atoms with Crippen LogP contribution < -0.4 is 4.74 Å². The van der Waals surface area contributed by atoms with Crippen molar-refractivity contribution in [2.24, 2.45) is 0 Å². The van der Waals surface area contributed by atoms with Gasteiger partial charge in [-0.3, -0.25) is 9.29 Å². The molecular formula is C31H28Cl2FNO3. The molecule has 2 aliphatic heterocycles. The van der Waals surface area contributed by atoms with E-state index in [0.29, 0.717) is 35.2 Å². The minimum atomic E-state index is -1.00. The number of fused-ring (bicyclic) bond motifs is 1. The lowest BCUT2D eigenvalue weighted by Crippen LogP contribution is -2.20. The number of hydrogen-bond acceptors (Lipinski definition) is 3. The molecule has 0 aromatic heterocycles. The molecule has 3 aromatic rings. The molecule has 0 aliphatic carbocycles. The Morgan fingerprint density at radius 3 is 2.55 bits per heavy atom. The summed E-state index contributed by atoms with van der Waals surface area (Å²) in [5.41, 5.74) is 7.27. The lowest BCUT2D eigenvalue weighted by molar-refractivity contribution is 0.0696. The van der Waals surface area contributed by atoms with Crippen molar-refractivity contribution in [1.29, 1.82) is 0 Å². The SMILES string of the molecule is O=C(O)c1ccc2c(c1)OCCC(c1ccc(Cl)cc1Cl)=C2c1ccc(/C=C2/CCN(CCCF)C2)cc1. The number of carboxylic acid groups (broad SMARTS) is 1. The number of hydrogen-bond donors (Lipinski definition) is 1. The molecule has 2 aliphatic rings. The largest absolute Gasteiger partial charge is 0.493 e. The highest BCUT2D eigenvalue weighted by atomic mass is 35.5.